The summed E-state index contributed by atoms with van der Waals surface area (Å²) in [5, 5.41) is 10.7. The van der Waals surface area contributed by atoms with Crippen LogP contribution in [0.15, 0.2) is 0 Å². The van der Waals surface area contributed by atoms with Gasteiger partial charge in [-0.15, -0.1) is 0 Å². The number of alkyl halides is 2. The number of aliphatic hydroxyl groups is 1. The fourth-order valence-electron chi connectivity index (χ4n) is 6.35. The van der Waals surface area contributed by atoms with Crippen LogP contribution in [0.5, 0.6) is 0 Å². The molecule has 1 fully saturated rings. The van der Waals surface area contributed by atoms with E-state index in [9.17, 15) is 5.11 Å². The highest BCUT2D eigenvalue weighted by molar-refractivity contribution is 9.25. The normalized spacial score (nSPS) is 25.3. The van der Waals surface area contributed by atoms with E-state index < -0.39 is 26.2 Å². The molecule has 1 heterocycles. The van der Waals surface area contributed by atoms with Crippen LogP contribution in [0.4, 0.5) is 0 Å². The average molecular weight is 605 g/mol. The molecule has 1 N–H and O–H groups in total. The van der Waals surface area contributed by atoms with Crippen molar-refractivity contribution >= 4 is 48.5 Å². The largest absolute Gasteiger partial charge is 0.413 e. The molecule has 1 aliphatic heterocycles. The maximum absolute atomic E-state index is 10.7. The Morgan fingerprint density at radius 1 is 0.742 bits per heavy atom. The van der Waals surface area contributed by atoms with Gasteiger partial charge in [-0.3, -0.25) is 0 Å². The molecule has 3 atom stereocenters. The zero-order chi connectivity index (χ0) is 24.5. The second-order valence-electron chi connectivity index (χ2n) is 11.2. The molecule has 1 rings (SSSR count). The summed E-state index contributed by atoms with van der Waals surface area (Å²) >= 11 is 7.43. The Morgan fingerprint density at radius 2 is 1.10 bits per heavy atom. The summed E-state index contributed by atoms with van der Waals surface area (Å²) < 4.78 is 19.2. The van der Waals surface area contributed by atoms with E-state index in [1.807, 2.05) is 0 Å². The first kappa shape index (κ1) is 30.3. The standard InChI is InChI=1S/C23H48Br2O4Si2/c1-14(2)30(15(3)4,16(5)6)27-13-20-21(23(24,25)22(26)28-20)29-31(17(7)8,18(9)10)19(11)12/h14-22,26H,13H2,1-12H3/t20-,21-,22?/m1/s1. The Hall–Kier alpha value is 1.23. The number of halogens is 2. The molecule has 186 valence electrons. The fourth-order valence-corrected chi connectivity index (χ4v) is 18.7. The van der Waals surface area contributed by atoms with E-state index in [0.29, 0.717) is 39.9 Å². The molecule has 0 saturated carbocycles. The molecule has 0 bridgehead atoms. The van der Waals surface area contributed by atoms with E-state index in [2.05, 4.69) is 115 Å². The van der Waals surface area contributed by atoms with Crippen LogP contribution in [-0.2, 0) is 13.6 Å². The average Bonchev–Trinajstić information content (AvgIpc) is 2.80. The van der Waals surface area contributed by atoms with Crippen molar-refractivity contribution in [2.75, 3.05) is 6.61 Å². The number of aliphatic hydroxyl groups excluding tert-OH is 1. The molecule has 0 amide bonds. The van der Waals surface area contributed by atoms with Crippen molar-refractivity contribution < 1.29 is 18.7 Å². The Bertz CT molecular complexity index is 524. The molecule has 1 unspecified atom stereocenters. The predicted octanol–water partition coefficient (Wildman–Crippen LogP) is 7.94. The lowest BCUT2D eigenvalue weighted by Crippen LogP contribution is -2.56. The van der Waals surface area contributed by atoms with Crippen molar-refractivity contribution in [3.8, 4) is 0 Å². The summed E-state index contributed by atoms with van der Waals surface area (Å²) in [5.41, 5.74) is 2.80. The maximum atomic E-state index is 10.7. The molecule has 4 nitrogen and oxygen atoms in total. The molecule has 0 radical (unpaired) electrons. The van der Waals surface area contributed by atoms with Crippen molar-refractivity contribution in [1.29, 1.82) is 0 Å². The summed E-state index contributed by atoms with van der Waals surface area (Å²) in [5.74, 6) is 0. The van der Waals surface area contributed by atoms with Crippen molar-refractivity contribution in [3.63, 3.8) is 0 Å². The van der Waals surface area contributed by atoms with Crippen LogP contribution in [0, 0.1) is 0 Å². The van der Waals surface area contributed by atoms with E-state index in [1.165, 1.54) is 0 Å². The zero-order valence-electron chi connectivity index (χ0n) is 21.8. The van der Waals surface area contributed by atoms with Crippen LogP contribution in [0.2, 0.25) is 33.2 Å². The minimum atomic E-state index is -2.19. The van der Waals surface area contributed by atoms with Crippen LogP contribution in [0.1, 0.15) is 83.1 Å². The van der Waals surface area contributed by atoms with Crippen LogP contribution in [-0.4, -0.2) is 50.1 Å². The zero-order valence-corrected chi connectivity index (χ0v) is 27.0. The van der Waals surface area contributed by atoms with Crippen molar-refractivity contribution in [2.24, 2.45) is 0 Å². The fraction of sp³-hybridized carbons (Fsp3) is 1.00. The second-order valence-corrected chi connectivity index (χ2v) is 25.7. The van der Waals surface area contributed by atoms with E-state index in [-0.39, 0.29) is 12.2 Å². The third-order valence-corrected chi connectivity index (χ3v) is 21.4. The Kier molecular flexibility index (Phi) is 11.0. The first-order chi connectivity index (χ1) is 14.0. The van der Waals surface area contributed by atoms with Crippen LogP contribution in [0.25, 0.3) is 0 Å². The lowest BCUT2D eigenvalue weighted by Gasteiger charge is -2.47. The minimum absolute atomic E-state index is 0.333. The Morgan fingerprint density at radius 3 is 1.42 bits per heavy atom. The van der Waals surface area contributed by atoms with Gasteiger partial charge in [-0.1, -0.05) is 115 Å². The minimum Gasteiger partial charge on any atom is -0.413 e. The van der Waals surface area contributed by atoms with Gasteiger partial charge in [0.25, 0.3) is 0 Å². The van der Waals surface area contributed by atoms with Gasteiger partial charge in [0.05, 0.1) is 6.61 Å². The van der Waals surface area contributed by atoms with E-state index in [1.54, 1.807) is 0 Å². The number of rotatable bonds is 11. The summed E-state index contributed by atoms with van der Waals surface area (Å²) in [6, 6.07) is 0. The first-order valence-electron chi connectivity index (χ1n) is 12.0. The van der Waals surface area contributed by atoms with Gasteiger partial charge in [0.15, 0.2) is 17.8 Å². The van der Waals surface area contributed by atoms with E-state index in [4.69, 9.17) is 13.6 Å². The Labute approximate surface area is 211 Å². The van der Waals surface area contributed by atoms with Gasteiger partial charge in [0, 0.05) is 0 Å². The lowest BCUT2D eigenvalue weighted by molar-refractivity contribution is -0.105. The highest BCUT2D eigenvalue weighted by Crippen LogP contribution is 2.51. The molecule has 0 aromatic rings. The van der Waals surface area contributed by atoms with Crippen molar-refractivity contribution in [1.82, 2.24) is 0 Å². The summed E-state index contributed by atoms with van der Waals surface area (Å²) in [6.45, 7) is 27.9. The quantitative estimate of drug-likeness (QED) is 0.192. The second kappa shape index (κ2) is 11.3. The molecular weight excluding hydrogens is 556 g/mol. The topological polar surface area (TPSA) is 47.9 Å². The molecule has 0 spiro atoms. The van der Waals surface area contributed by atoms with E-state index in [0.717, 1.165) is 0 Å². The smallest absolute Gasteiger partial charge is 0.201 e. The Balaban J connectivity index is 3.32. The summed E-state index contributed by atoms with van der Waals surface area (Å²) in [6.07, 6.45) is -1.67. The SMILES string of the molecule is CC(C)[Si](OC[C@H]1OC(O)C(Br)(Br)[C@@H]1O[Si](C(C)C)(C(C)C)C(C)C)(C(C)C)C(C)C. The number of hydrogen-bond acceptors (Lipinski definition) is 4. The van der Waals surface area contributed by atoms with Crippen LogP contribution < -0.4 is 0 Å². The van der Waals surface area contributed by atoms with Gasteiger partial charge in [-0.25, -0.2) is 0 Å². The van der Waals surface area contributed by atoms with Crippen molar-refractivity contribution in [3.05, 3.63) is 0 Å². The van der Waals surface area contributed by atoms with Gasteiger partial charge in [-0.05, 0) is 33.2 Å². The lowest BCUT2D eigenvalue weighted by atomic mass is 10.2. The molecule has 0 aliphatic carbocycles. The molecule has 0 aromatic heterocycles. The molecule has 0 aromatic carbocycles. The molecular formula is C23H48Br2O4Si2. The van der Waals surface area contributed by atoms with Gasteiger partial charge in [-0.2, -0.15) is 0 Å². The monoisotopic (exact) mass is 602 g/mol. The van der Waals surface area contributed by atoms with Gasteiger partial charge < -0.3 is 18.7 Å². The molecule has 1 saturated heterocycles. The first-order valence-corrected chi connectivity index (χ1v) is 17.9. The molecule has 31 heavy (non-hydrogen) atoms. The summed E-state index contributed by atoms with van der Waals surface area (Å²) in [4.78, 5) is 0. The predicted molar refractivity (Wildman–Crippen MR) is 144 cm³/mol. The highest BCUT2D eigenvalue weighted by Gasteiger charge is 2.59. The third kappa shape index (κ3) is 5.73. The highest BCUT2D eigenvalue weighted by atomic mass is 79.9. The molecule has 8 heteroatoms. The number of ether oxygens (including phenoxy) is 1. The number of hydrogen-bond donors (Lipinski definition) is 1. The molecule has 1 aliphatic rings. The van der Waals surface area contributed by atoms with E-state index >= 15 is 0 Å². The maximum Gasteiger partial charge on any atom is 0.201 e. The third-order valence-electron chi connectivity index (χ3n) is 7.59. The van der Waals surface area contributed by atoms with Crippen LogP contribution >= 0.6 is 31.9 Å². The van der Waals surface area contributed by atoms with Gasteiger partial charge in [0.2, 0.25) is 8.32 Å². The van der Waals surface area contributed by atoms with Crippen LogP contribution in [0.3, 0.4) is 0 Å². The van der Waals surface area contributed by atoms with Gasteiger partial charge in [0.1, 0.15) is 12.2 Å². The summed E-state index contributed by atoms with van der Waals surface area (Å²) in [7, 11) is -4.24. The van der Waals surface area contributed by atoms with Gasteiger partial charge >= 0.3 is 0 Å². The van der Waals surface area contributed by atoms with Crippen molar-refractivity contribution in [2.45, 2.75) is 138 Å².